The fraction of sp³-hybridized carbons (Fsp3) is 0.310. The third-order valence-corrected chi connectivity index (χ3v) is 6.17. The van der Waals surface area contributed by atoms with Crippen LogP contribution in [-0.2, 0) is 16.1 Å². The van der Waals surface area contributed by atoms with Crippen LogP contribution in [-0.4, -0.2) is 33.4 Å². The highest BCUT2D eigenvalue weighted by Crippen LogP contribution is 2.30. The molecule has 8 heteroatoms. The second-order valence-corrected chi connectivity index (χ2v) is 9.77. The van der Waals surface area contributed by atoms with Gasteiger partial charge >= 0.3 is 0 Å². The third-order valence-electron chi connectivity index (χ3n) is 6.17. The summed E-state index contributed by atoms with van der Waals surface area (Å²) in [6.07, 6.45) is 0.796. The molecule has 0 saturated heterocycles. The molecule has 0 aliphatic heterocycles. The summed E-state index contributed by atoms with van der Waals surface area (Å²) in [4.78, 5) is 29.2. The predicted octanol–water partition coefficient (Wildman–Crippen LogP) is 5.12. The number of aromatic nitrogens is 3. The van der Waals surface area contributed by atoms with Gasteiger partial charge in [-0.15, -0.1) is 5.10 Å². The first kappa shape index (κ1) is 26.0. The number of nitrogens with zero attached hydrogens (tertiary/aromatic N) is 4. The van der Waals surface area contributed by atoms with Crippen molar-refractivity contribution in [2.24, 2.45) is 5.92 Å². The van der Waals surface area contributed by atoms with E-state index >= 15 is 0 Å². The number of aryl methyl sites for hydroxylation is 2. The SMILES string of the molecule is Cc1cc(C)cc(N(C(=O)Cn2nnc3ccccc32)[C@H](C(=O)NCCC(C)C)c2ccc(F)cc2)c1. The minimum absolute atomic E-state index is 0.121. The van der Waals surface area contributed by atoms with E-state index in [0.717, 1.165) is 23.1 Å². The van der Waals surface area contributed by atoms with Crippen LogP contribution in [0.1, 0.15) is 43.0 Å². The first-order valence-corrected chi connectivity index (χ1v) is 12.4. The van der Waals surface area contributed by atoms with E-state index in [1.807, 2.05) is 56.3 Å². The number of anilines is 1. The lowest BCUT2D eigenvalue weighted by molar-refractivity contribution is -0.127. The summed E-state index contributed by atoms with van der Waals surface area (Å²) >= 11 is 0. The molecule has 0 spiro atoms. The number of rotatable bonds is 9. The van der Waals surface area contributed by atoms with Crippen molar-refractivity contribution < 1.29 is 14.0 Å². The number of fused-ring (bicyclic) bond motifs is 1. The standard InChI is InChI=1S/C29H32FN5O2/c1-19(2)13-14-31-29(37)28(22-9-11-23(30)12-10-22)35(24-16-20(3)15-21(4)17-24)27(36)18-34-26-8-6-5-7-25(26)32-33-34/h5-12,15-17,19,28H,13-14,18H2,1-4H3,(H,31,37)/t28-/m0/s1. The third kappa shape index (κ3) is 6.20. The van der Waals surface area contributed by atoms with E-state index in [1.54, 1.807) is 12.1 Å². The molecule has 0 bridgehead atoms. The Balaban J connectivity index is 1.79. The van der Waals surface area contributed by atoms with Crippen molar-refractivity contribution in [2.75, 3.05) is 11.4 Å². The van der Waals surface area contributed by atoms with Crippen molar-refractivity contribution in [3.8, 4) is 0 Å². The van der Waals surface area contributed by atoms with Crippen molar-refractivity contribution in [1.29, 1.82) is 0 Å². The Morgan fingerprint density at radius 2 is 1.68 bits per heavy atom. The van der Waals surface area contributed by atoms with E-state index < -0.39 is 11.9 Å². The van der Waals surface area contributed by atoms with Gasteiger partial charge in [-0.25, -0.2) is 9.07 Å². The Morgan fingerprint density at radius 3 is 2.35 bits per heavy atom. The highest BCUT2D eigenvalue weighted by atomic mass is 19.1. The maximum atomic E-state index is 14.0. The van der Waals surface area contributed by atoms with Crippen molar-refractivity contribution in [3.05, 3.63) is 89.2 Å². The largest absolute Gasteiger partial charge is 0.354 e. The Hall–Kier alpha value is -4.07. The second kappa shape index (κ2) is 11.3. The first-order valence-electron chi connectivity index (χ1n) is 12.4. The molecule has 0 fully saturated rings. The van der Waals surface area contributed by atoms with Crippen molar-refractivity contribution >= 4 is 28.5 Å². The molecule has 2 amide bonds. The van der Waals surface area contributed by atoms with Gasteiger partial charge in [-0.05, 0) is 79.3 Å². The van der Waals surface area contributed by atoms with Gasteiger partial charge in [-0.1, -0.05) is 49.4 Å². The molecule has 0 radical (unpaired) electrons. The lowest BCUT2D eigenvalue weighted by Gasteiger charge is -2.32. The van der Waals surface area contributed by atoms with Gasteiger partial charge in [0.25, 0.3) is 0 Å². The van der Waals surface area contributed by atoms with Gasteiger partial charge in [-0.2, -0.15) is 0 Å². The van der Waals surface area contributed by atoms with Crippen LogP contribution in [0.15, 0.2) is 66.7 Å². The molecule has 7 nitrogen and oxygen atoms in total. The number of amides is 2. The van der Waals surface area contributed by atoms with Gasteiger partial charge < -0.3 is 5.32 Å². The van der Waals surface area contributed by atoms with E-state index in [1.165, 1.54) is 21.7 Å². The number of hydrogen-bond acceptors (Lipinski definition) is 4. The maximum absolute atomic E-state index is 14.0. The minimum Gasteiger partial charge on any atom is -0.354 e. The van der Waals surface area contributed by atoms with Gasteiger partial charge in [0.05, 0.1) is 5.52 Å². The van der Waals surface area contributed by atoms with Crippen LogP contribution in [0.4, 0.5) is 10.1 Å². The molecule has 0 saturated carbocycles. The zero-order valence-electron chi connectivity index (χ0n) is 21.6. The van der Waals surface area contributed by atoms with Crippen LogP contribution in [0.5, 0.6) is 0 Å². The molecule has 0 aliphatic rings. The molecule has 1 aromatic heterocycles. The normalized spacial score (nSPS) is 12.1. The Bertz CT molecular complexity index is 1380. The predicted molar refractivity (Wildman–Crippen MR) is 143 cm³/mol. The molecular weight excluding hydrogens is 469 g/mol. The van der Waals surface area contributed by atoms with E-state index in [0.29, 0.717) is 29.2 Å². The van der Waals surface area contributed by atoms with Crippen LogP contribution in [0, 0.1) is 25.6 Å². The molecule has 1 atom stereocenters. The summed E-state index contributed by atoms with van der Waals surface area (Å²) < 4.78 is 15.4. The second-order valence-electron chi connectivity index (χ2n) is 9.77. The van der Waals surface area contributed by atoms with Gasteiger partial charge in [-0.3, -0.25) is 14.5 Å². The van der Waals surface area contributed by atoms with Gasteiger partial charge in [0, 0.05) is 12.2 Å². The van der Waals surface area contributed by atoms with Crippen LogP contribution in [0.3, 0.4) is 0 Å². The average Bonchev–Trinajstić information content (AvgIpc) is 3.25. The highest BCUT2D eigenvalue weighted by molar-refractivity contribution is 6.01. The van der Waals surface area contributed by atoms with Crippen LogP contribution < -0.4 is 10.2 Å². The molecule has 1 N–H and O–H groups in total. The molecule has 4 aromatic rings. The van der Waals surface area contributed by atoms with E-state index in [-0.39, 0.29) is 18.4 Å². The lowest BCUT2D eigenvalue weighted by Crippen LogP contribution is -2.45. The number of halogens is 1. The summed E-state index contributed by atoms with van der Waals surface area (Å²) in [6, 6.07) is 17.9. The van der Waals surface area contributed by atoms with Crippen LogP contribution >= 0.6 is 0 Å². The van der Waals surface area contributed by atoms with Gasteiger partial charge in [0.2, 0.25) is 11.8 Å². The smallest absolute Gasteiger partial charge is 0.249 e. The Kier molecular flexibility index (Phi) is 7.96. The molecule has 3 aromatic carbocycles. The fourth-order valence-corrected chi connectivity index (χ4v) is 4.41. The number of para-hydroxylation sites is 1. The van der Waals surface area contributed by atoms with Crippen molar-refractivity contribution in [3.63, 3.8) is 0 Å². The Labute approximate surface area is 216 Å². The zero-order chi connectivity index (χ0) is 26.5. The number of nitrogens with one attached hydrogen (secondary N) is 1. The molecule has 0 unspecified atom stereocenters. The summed E-state index contributed by atoms with van der Waals surface area (Å²) in [6.45, 7) is 8.40. The monoisotopic (exact) mass is 501 g/mol. The quantitative estimate of drug-likeness (QED) is 0.345. The maximum Gasteiger partial charge on any atom is 0.249 e. The molecule has 4 rings (SSSR count). The van der Waals surface area contributed by atoms with Gasteiger partial charge in [0.15, 0.2) is 0 Å². The summed E-state index contributed by atoms with van der Waals surface area (Å²) in [5.74, 6) is -0.680. The fourth-order valence-electron chi connectivity index (χ4n) is 4.41. The lowest BCUT2D eigenvalue weighted by atomic mass is 10.0. The summed E-state index contributed by atoms with van der Waals surface area (Å²) in [7, 11) is 0. The van der Waals surface area contributed by atoms with Gasteiger partial charge in [0.1, 0.15) is 23.9 Å². The van der Waals surface area contributed by atoms with Crippen LogP contribution in [0.25, 0.3) is 11.0 Å². The molecule has 0 aliphatic carbocycles. The highest BCUT2D eigenvalue weighted by Gasteiger charge is 2.33. The topological polar surface area (TPSA) is 80.1 Å². The first-order chi connectivity index (χ1) is 17.7. The number of carbonyl (C=O) groups excluding carboxylic acids is 2. The number of hydrogen-bond donors (Lipinski definition) is 1. The molecule has 1 heterocycles. The molecule has 37 heavy (non-hydrogen) atoms. The van der Waals surface area contributed by atoms with Crippen molar-refractivity contribution in [2.45, 2.75) is 46.7 Å². The zero-order valence-corrected chi connectivity index (χ0v) is 21.6. The van der Waals surface area contributed by atoms with E-state index in [2.05, 4.69) is 29.5 Å². The number of benzene rings is 3. The average molecular weight is 502 g/mol. The minimum atomic E-state index is -1.00. The summed E-state index contributed by atoms with van der Waals surface area (Å²) in [5.41, 5.74) is 4.40. The number of carbonyl (C=O) groups is 2. The van der Waals surface area contributed by atoms with E-state index in [4.69, 9.17) is 0 Å². The van der Waals surface area contributed by atoms with Crippen molar-refractivity contribution in [1.82, 2.24) is 20.3 Å². The Morgan fingerprint density at radius 1 is 1.00 bits per heavy atom. The van der Waals surface area contributed by atoms with Crippen LogP contribution in [0.2, 0.25) is 0 Å². The summed E-state index contributed by atoms with van der Waals surface area (Å²) in [5, 5.41) is 11.3. The molecular formula is C29H32FN5O2. The van der Waals surface area contributed by atoms with E-state index in [9.17, 15) is 14.0 Å². The molecule has 192 valence electrons.